The zero-order valence-corrected chi connectivity index (χ0v) is 25.1. The molecule has 0 aliphatic heterocycles. The molecule has 0 aliphatic rings. The van der Waals surface area contributed by atoms with Crippen LogP contribution in [0.1, 0.15) is 62.5 Å². The molecule has 2 unspecified atom stereocenters. The first-order valence-corrected chi connectivity index (χ1v) is 15.1. The smallest absolute Gasteiger partial charge is 0.365 e. The van der Waals surface area contributed by atoms with E-state index in [1.54, 1.807) is 0 Å². The molecule has 0 fully saturated rings. The summed E-state index contributed by atoms with van der Waals surface area (Å²) in [5.74, 6) is 1.05. The summed E-state index contributed by atoms with van der Waals surface area (Å²) in [6.07, 6.45) is 11.8. The SMILES string of the molecule is C=CCCCOc1ccc(CC([NH3+])C(=O)OCCCCCCOC(=O)C([NH3+])Cc2ccc(OCCCC=C)cc2)cc1. The van der Waals surface area contributed by atoms with Crippen LogP contribution >= 0.6 is 0 Å². The molecule has 0 saturated carbocycles. The molecular weight excluding hydrogens is 532 g/mol. The van der Waals surface area contributed by atoms with Crippen molar-refractivity contribution in [2.75, 3.05) is 26.4 Å². The molecule has 0 aromatic heterocycles. The van der Waals surface area contributed by atoms with Gasteiger partial charge in [-0.2, -0.15) is 0 Å². The highest BCUT2D eigenvalue weighted by Gasteiger charge is 2.20. The van der Waals surface area contributed by atoms with Crippen LogP contribution in [0.2, 0.25) is 0 Å². The van der Waals surface area contributed by atoms with E-state index in [9.17, 15) is 9.59 Å². The number of carbonyl (C=O) groups is 2. The molecule has 8 heteroatoms. The van der Waals surface area contributed by atoms with E-state index in [-0.39, 0.29) is 11.9 Å². The highest BCUT2D eigenvalue weighted by molar-refractivity contribution is 5.74. The van der Waals surface area contributed by atoms with Crippen molar-refractivity contribution >= 4 is 11.9 Å². The average molecular weight is 583 g/mol. The Bertz CT molecular complexity index is 969. The Kier molecular flexibility index (Phi) is 17.4. The van der Waals surface area contributed by atoms with Gasteiger partial charge in [0, 0.05) is 12.8 Å². The van der Waals surface area contributed by atoms with Crippen molar-refractivity contribution < 1.29 is 40.0 Å². The predicted molar refractivity (Wildman–Crippen MR) is 164 cm³/mol. The quantitative estimate of drug-likeness (QED) is 0.116. The van der Waals surface area contributed by atoms with Crippen LogP contribution in [0.4, 0.5) is 0 Å². The number of carbonyl (C=O) groups excluding carboxylic acids is 2. The summed E-state index contributed by atoms with van der Waals surface area (Å²) in [6.45, 7) is 9.45. The van der Waals surface area contributed by atoms with Crippen molar-refractivity contribution in [3.8, 4) is 11.5 Å². The number of hydrogen-bond acceptors (Lipinski definition) is 6. The highest BCUT2D eigenvalue weighted by atomic mass is 16.5. The van der Waals surface area contributed by atoms with Crippen molar-refractivity contribution in [2.45, 2.75) is 76.3 Å². The average Bonchev–Trinajstić information content (AvgIpc) is 3.00. The third kappa shape index (κ3) is 14.8. The standard InChI is InChI=1S/C34H48N2O6/c1-3-5-9-21-39-29-17-13-27(14-18-29)25-31(35)33(37)41-23-11-7-8-12-24-42-34(38)32(36)26-28-15-19-30(20-16-28)40-22-10-6-4-2/h3-4,13-20,31-32H,1-2,5-12,21-26,35-36H2/p+2. The van der Waals surface area contributed by atoms with Crippen LogP contribution in [-0.2, 0) is 31.9 Å². The molecule has 230 valence electrons. The Labute approximate surface area is 251 Å². The zero-order chi connectivity index (χ0) is 30.4. The molecule has 2 aromatic rings. The number of ether oxygens (including phenoxy) is 4. The van der Waals surface area contributed by atoms with E-state index in [0.717, 1.165) is 74.0 Å². The van der Waals surface area contributed by atoms with E-state index in [0.29, 0.717) is 39.3 Å². The third-order valence-electron chi connectivity index (χ3n) is 6.65. The normalized spacial score (nSPS) is 12.1. The maximum absolute atomic E-state index is 12.3. The molecule has 2 atom stereocenters. The van der Waals surface area contributed by atoms with Crippen LogP contribution in [0.5, 0.6) is 11.5 Å². The van der Waals surface area contributed by atoms with Gasteiger partial charge in [0.15, 0.2) is 12.1 Å². The van der Waals surface area contributed by atoms with E-state index in [1.807, 2.05) is 60.7 Å². The van der Waals surface area contributed by atoms with Crippen LogP contribution in [0.3, 0.4) is 0 Å². The summed E-state index contributed by atoms with van der Waals surface area (Å²) in [4.78, 5) is 24.6. The summed E-state index contributed by atoms with van der Waals surface area (Å²) in [5.41, 5.74) is 9.96. The largest absolute Gasteiger partial charge is 0.494 e. The molecule has 0 radical (unpaired) electrons. The second-order valence-corrected chi connectivity index (χ2v) is 10.4. The van der Waals surface area contributed by atoms with Gasteiger partial charge >= 0.3 is 11.9 Å². The fourth-order valence-electron chi connectivity index (χ4n) is 4.15. The van der Waals surface area contributed by atoms with Gasteiger partial charge in [0.1, 0.15) is 11.5 Å². The minimum absolute atomic E-state index is 0.291. The fourth-order valence-corrected chi connectivity index (χ4v) is 4.15. The van der Waals surface area contributed by atoms with Crippen LogP contribution in [0.25, 0.3) is 0 Å². The van der Waals surface area contributed by atoms with Gasteiger partial charge in [-0.1, -0.05) is 36.4 Å². The Morgan fingerprint density at radius 2 is 0.976 bits per heavy atom. The van der Waals surface area contributed by atoms with Crippen molar-refractivity contribution in [2.24, 2.45) is 0 Å². The Balaban J connectivity index is 1.51. The lowest BCUT2D eigenvalue weighted by atomic mass is 10.1. The summed E-state index contributed by atoms with van der Waals surface area (Å²) in [7, 11) is 0. The second kappa shape index (κ2) is 21.1. The number of quaternary nitrogens is 2. The van der Waals surface area contributed by atoms with Crippen LogP contribution in [0.15, 0.2) is 73.8 Å². The fraction of sp³-hybridized carbons (Fsp3) is 0.471. The molecular formula is C34H50N2O6+2. The Morgan fingerprint density at radius 1 is 0.595 bits per heavy atom. The molecule has 0 saturated heterocycles. The summed E-state index contributed by atoms with van der Waals surface area (Å²) in [5, 5.41) is 0. The molecule has 0 heterocycles. The lowest BCUT2D eigenvalue weighted by Gasteiger charge is -2.11. The Morgan fingerprint density at radius 3 is 1.33 bits per heavy atom. The molecule has 2 aromatic carbocycles. The van der Waals surface area contributed by atoms with Gasteiger partial charge in [-0.25, -0.2) is 9.59 Å². The van der Waals surface area contributed by atoms with Gasteiger partial charge < -0.3 is 30.4 Å². The molecule has 0 spiro atoms. The zero-order valence-electron chi connectivity index (χ0n) is 25.1. The van der Waals surface area contributed by atoms with Crippen LogP contribution in [0, 0.1) is 0 Å². The Hall–Kier alpha value is -3.62. The first-order valence-electron chi connectivity index (χ1n) is 15.1. The topological polar surface area (TPSA) is 126 Å². The van der Waals surface area contributed by atoms with Crippen LogP contribution in [-0.4, -0.2) is 50.4 Å². The number of hydrogen-bond donors (Lipinski definition) is 2. The maximum atomic E-state index is 12.3. The van der Waals surface area contributed by atoms with Crippen molar-refractivity contribution in [1.29, 1.82) is 0 Å². The van der Waals surface area contributed by atoms with Crippen molar-refractivity contribution in [1.82, 2.24) is 0 Å². The van der Waals surface area contributed by atoms with Gasteiger partial charge in [-0.3, -0.25) is 0 Å². The third-order valence-corrected chi connectivity index (χ3v) is 6.65. The predicted octanol–water partition coefficient (Wildman–Crippen LogP) is 4.03. The van der Waals surface area contributed by atoms with E-state index < -0.39 is 12.1 Å². The van der Waals surface area contributed by atoms with E-state index in [2.05, 4.69) is 24.6 Å². The van der Waals surface area contributed by atoms with Crippen molar-refractivity contribution in [3.05, 3.63) is 85.0 Å². The summed E-state index contributed by atoms with van der Waals surface area (Å²) in [6, 6.07) is 14.6. The second-order valence-electron chi connectivity index (χ2n) is 10.4. The van der Waals surface area contributed by atoms with Crippen molar-refractivity contribution in [3.63, 3.8) is 0 Å². The molecule has 8 nitrogen and oxygen atoms in total. The van der Waals surface area contributed by atoms with E-state index in [4.69, 9.17) is 18.9 Å². The van der Waals surface area contributed by atoms with Gasteiger partial charge in [-0.15, -0.1) is 13.2 Å². The molecule has 0 aliphatic carbocycles. The van der Waals surface area contributed by atoms with Gasteiger partial charge in [-0.05, 0) is 86.8 Å². The van der Waals surface area contributed by atoms with Gasteiger partial charge in [0.25, 0.3) is 0 Å². The number of unbranched alkanes of at least 4 members (excludes halogenated alkanes) is 5. The molecule has 0 amide bonds. The van der Waals surface area contributed by atoms with Crippen LogP contribution < -0.4 is 20.9 Å². The summed E-state index contributed by atoms with van der Waals surface area (Å²) >= 11 is 0. The minimum atomic E-state index is -0.460. The monoisotopic (exact) mass is 582 g/mol. The van der Waals surface area contributed by atoms with Gasteiger partial charge in [0.2, 0.25) is 0 Å². The number of allylic oxidation sites excluding steroid dienone is 2. The lowest BCUT2D eigenvalue weighted by molar-refractivity contribution is -0.408. The number of rotatable bonds is 23. The molecule has 0 bridgehead atoms. The van der Waals surface area contributed by atoms with E-state index >= 15 is 0 Å². The number of esters is 2. The molecule has 42 heavy (non-hydrogen) atoms. The number of benzene rings is 2. The maximum Gasteiger partial charge on any atom is 0.365 e. The molecule has 6 N–H and O–H groups in total. The summed E-state index contributed by atoms with van der Waals surface area (Å²) < 4.78 is 22.2. The first-order chi connectivity index (χ1) is 20.4. The van der Waals surface area contributed by atoms with E-state index in [1.165, 1.54) is 0 Å². The highest BCUT2D eigenvalue weighted by Crippen LogP contribution is 2.15. The minimum Gasteiger partial charge on any atom is -0.494 e. The lowest BCUT2D eigenvalue weighted by Crippen LogP contribution is -2.66. The van der Waals surface area contributed by atoms with Gasteiger partial charge in [0.05, 0.1) is 26.4 Å². The first kappa shape index (κ1) is 34.6. The molecule has 2 rings (SSSR count).